The third-order valence-electron chi connectivity index (χ3n) is 1.98. The first-order valence-electron chi connectivity index (χ1n) is 5.02. The minimum absolute atomic E-state index is 0. The largest absolute Gasteiger partial charge is 0.411 e. The Balaban J connectivity index is 0. The van der Waals surface area contributed by atoms with Crippen molar-refractivity contribution >= 4 is 24.4 Å². The van der Waals surface area contributed by atoms with Crippen LogP contribution in [0, 0.1) is 0 Å². The Morgan fingerprint density at radius 1 is 1.27 bits per heavy atom. The van der Waals surface area contributed by atoms with Gasteiger partial charge in [-0.25, -0.2) is 0 Å². The van der Waals surface area contributed by atoms with E-state index in [0.717, 1.165) is 32.0 Å². The maximum absolute atomic E-state index is 10.9. The topological polar surface area (TPSA) is 52.9 Å². The molecule has 0 fully saturated rings. The number of Topliss-reactive ketones (excluding diaryl/α,β-unsaturated/α-hetero) is 1. The summed E-state index contributed by atoms with van der Waals surface area (Å²) in [7, 11) is 4.11. The second-order valence-corrected chi connectivity index (χ2v) is 3.68. The Labute approximate surface area is 97.7 Å². The van der Waals surface area contributed by atoms with Gasteiger partial charge in [0.1, 0.15) is 6.21 Å². The van der Waals surface area contributed by atoms with Gasteiger partial charge in [-0.2, -0.15) is 0 Å². The molecule has 0 atom stereocenters. The summed E-state index contributed by atoms with van der Waals surface area (Å²) >= 11 is 0. The maximum atomic E-state index is 10.9. The molecule has 0 aromatic carbocycles. The standard InChI is InChI=1S/C10H20N2O2.ClH/c1-12(2)8-6-4-3-5-7-10(13)9-11-14;/h9,14H,3-8H2,1-2H3;1H. The Kier molecular flexibility index (Phi) is 12.8. The molecule has 0 spiro atoms. The van der Waals surface area contributed by atoms with Crippen molar-refractivity contribution in [2.24, 2.45) is 5.16 Å². The molecule has 0 rings (SSSR count). The van der Waals surface area contributed by atoms with Crippen LogP contribution < -0.4 is 0 Å². The smallest absolute Gasteiger partial charge is 0.177 e. The van der Waals surface area contributed by atoms with Crippen molar-refractivity contribution in [3.63, 3.8) is 0 Å². The van der Waals surface area contributed by atoms with Crippen molar-refractivity contribution in [2.75, 3.05) is 20.6 Å². The highest BCUT2D eigenvalue weighted by Gasteiger charge is 1.97. The van der Waals surface area contributed by atoms with Gasteiger partial charge in [0, 0.05) is 6.42 Å². The van der Waals surface area contributed by atoms with Crippen LogP contribution in [0.3, 0.4) is 0 Å². The second kappa shape index (κ2) is 11.5. The van der Waals surface area contributed by atoms with E-state index in [0.29, 0.717) is 6.42 Å². The molecular weight excluding hydrogens is 216 g/mol. The highest BCUT2D eigenvalue weighted by molar-refractivity contribution is 6.27. The van der Waals surface area contributed by atoms with E-state index in [1.165, 1.54) is 6.42 Å². The number of carbonyl (C=O) groups excluding carboxylic acids is 1. The molecule has 0 aliphatic heterocycles. The van der Waals surface area contributed by atoms with E-state index < -0.39 is 0 Å². The van der Waals surface area contributed by atoms with E-state index in [1.54, 1.807) is 0 Å². The summed E-state index contributed by atoms with van der Waals surface area (Å²) in [6.07, 6.45) is 5.75. The summed E-state index contributed by atoms with van der Waals surface area (Å²) in [5.41, 5.74) is 0. The fraction of sp³-hybridized carbons (Fsp3) is 0.800. The minimum atomic E-state index is -0.0971. The quantitative estimate of drug-likeness (QED) is 0.303. The fourth-order valence-corrected chi connectivity index (χ4v) is 1.21. The fourth-order valence-electron chi connectivity index (χ4n) is 1.21. The summed E-state index contributed by atoms with van der Waals surface area (Å²) in [4.78, 5) is 13.0. The molecule has 5 heteroatoms. The third-order valence-corrected chi connectivity index (χ3v) is 1.98. The van der Waals surface area contributed by atoms with Gasteiger partial charge in [0.05, 0.1) is 0 Å². The van der Waals surface area contributed by atoms with Crippen LogP contribution in [0.25, 0.3) is 0 Å². The van der Waals surface area contributed by atoms with Gasteiger partial charge in [0.2, 0.25) is 0 Å². The predicted molar refractivity (Wildman–Crippen MR) is 64.2 cm³/mol. The molecule has 0 aliphatic rings. The van der Waals surface area contributed by atoms with Crippen LogP contribution in [-0.4, -0.2) is 42.7 Å². The van der Waals surface area contributed by atoms with E-state index in [4.69, 9.17) is 5.21 Å². The lowest BCUT2D eigenvalue weighted by Crippen LogP contribution is -2.12. The van der Waals surface area contributed by atoms with Gasteiger partial charge in [-0.1, -0.05) is 18.0 Å². The van der Waals surface area contributed by atoms with E-state index in [9.17, 15) is 4.79 Å². The zero-order valence-corrected chi connectivity index (χ0v) is 10.3. The first kappa shape index (κ1) is 16.8. The summed E-state index contributed by atoms with van der Waals surface area (Å²) in [5, 5.41) is 10.8. The maximum Gasteiger partial charge on any atom is 0.177 e. The van der Waals surface area contributed by atoms with Crippen LogP contribution >= 0.6 is 12.4 Å². The lowest BCUT2D eigenvalue weighted by atomic mass is 10.1. The molecule has 15 heavy (non-hydrogen) atoms. The summed E-state index contributed by atoms with van der Waals surface area (Å²) in [6, 6.07) is 0. The van der Waals surface area contributed by atoms with Crippen LogP contribution in [0.2, 0.25) is 0 Å². The average Bonchev–Trinajstić information content (AvgIpc) is 2.11. The van der Waals surface area contributed by atoms with Gasteiger partial charge in [0.25, 0.3) is 0 Å². The van der Waals surface area contributed by atoms with Gasteiger partial charge in [0.15, 0.2) is 5.78 Å². The van der Waals surface area contributed by atoms with Crippen molar-refractivity contribution in [3.8, 4) is 0 Å². The number of halogens is 1. The molecule has 0 unspecified atom stereocenters. The Bertz CT molecular complexity index is 184. The highest BCUT2D eigenvalue weighted by atomic mass is 35.5. The molecule has 0 radical (unpaired) electrons. The number of carbonyl (C=O) groups is 1. The first-order chi connectivity index (χ1) is 6.66. The van der Waals surface area contributed by atoms with Gasteiger partial charge in [-0.05, 0) is 33.5 Å². The van der Waals surface area contributed by atoms with Crippen molar-refractivity contribution < 1.29 is 10.0 Å². The number of hydrogen-bond donors (Lipinski definition) is 1. The average molecular weight is 237 g/mol. The number of rotatable bonds is 8. The lowest BCUT2D eigenvalue weighted by molar-refractivity contribution is -0.112. The van der Waals surface area contributed by atoms with Crippen molar-refractivity contribution in [1.29, 1.82) is 0 Å². The summed E-state index contributed by atoms with van der Waals surface area (Å²) < 4.78 is 0. The van der Waals surface area contributed by atoms with E-state index in [-0.39, 0.29) is 18.2 Å². The second-order valence-electron chi connectivity index (χ2n) is 3.68. The third kappa shape index (κ3) is 13.4. The van der Waals surface area contributed by atoms with Crippen LogP contribution in [-0.2, 0) is 4.79 Å². The van der Waals surface area contributed by atoms with Gasteiger partial charge in [-0.3, -0.25) is 4.79 Å². The van der Waals surface area contributed by atoms with Crippen LogP contribution in [0.4, 0.5) is 0 Å². The number of oxime groups is 1. The lowest BCUT2D eigenvalue weighted by Gasteiger charge is -2.07. The van der Waals surface area contributed by atoms with Gasteiger partial charge >= 0.3 is 0 Å². The summed E-state index contributed by atoms with van der Waals surface area (Å²) in [5.74, 6) is -0.0971. The SMILES string of the molecule is CN(C)CCCCCCC(=O)C=NO.Cl. The monoisotopic (exact) mass is 236 g/mol. The number of ketones is 1. The normalized spacial score (nSPS) is 10.6. The molecule has 0 aliphatic carbocycles. The number of hydrogen-bond acceptors (Lipinski definition) is 4. The molecular formula is C10H21ClN2O2. The molecule has 1 N–H and O–H groups in total. The number of nitrogens with zero attached hydrogens (tertiary/aromatic N) is 2. The number of unbranched alkanes of at least 4 members (excludes halogenated alkanes) is 3. The minimum Gasteiger partial charge on any atom is -0.411 e. The Morgan fingerprint density at radius 3 is 2.40 bits per heavy atom. The van der Waals surface area contributed by atoms with Gasteiger partial charge < -0.3 is 10.1 Å². The van der Waals surface area contributed by atoms with Crippen molar-refractivity contribution in [2.45, 2.75) is 32.1 Å². The molecule has 90 valence electrons. The van der Waals surface area contributed by atoms with Crippen LogP contribution in [0.5, 0.6) is 0 Å². The molecule has 0 aromatic heterocycles. The zero-order valence-electron chi connectivity index (χ0n) is 9.48. The zero-order chi connectivity index (χ0) is 10.8. The molecule has 4 nitrogen and oxygen atoms in total. The van der Waals surface area contributed by atoms with Crippen molar-refractivity contribution in [1.82, 2.24) is 4.90 Å². The van der Waals surface area contributed by atoms with Gasteiger partial charge in [-0.15, -0.1) is 12.4 Å². The Morgan fingerprint density at radius 2 is 1.87 bits per heavy atom. The summed E-state index contributed by atoms with van der Waals surface area (Å²) in [6.45, 7) is 1.10. The molecule has 0 heterocycles. The van der Waals surface area contributed by atoms with E-state index in [1.807, 2.05) is 0 Å². The molecule has 0 bridgehead atoms. The van der Waals surface area contributed by atoms with Crippen molar-refractivity contribution in [3.05, 3.63) is 0 Å². The van der Waals surface area contributed by atoms with Crippen LogP contribution in [0.1, 0.15) is 32.1 Å². The molecule has 0 aromatic rings. The molecule has 0 saturated heterocycles. The molecule has 0 amide bonds. The van der Waals surface area contributed by atoms with Crippen LogP contribution in [0.15, 0.2) is 5.16 Å². The Hall–Kier alpha value is -0.610. The molecule has 0 saturated carbocycles. The van der Waals surface area contributed by atoms with E-state index in [2.05, 4.69) is 24.2 Å². The predicted octanol–water partition coefficient (Wildman–Crippen LogP) is 1.95. The van der Waals surface area contributed by atoms with E-state index >= 15 is 0 Å². The highest BCUT2D eigenvalue weighted by Crippen LogP contribution is 2.03. The first-order valence-corrected chi connectivity index (χ1v) is 5.02.